The Morgan fingerprint density at radius 1 is 1.25 bits per heavy atom. The third-order valence-corrected chi connectivity index (χ3v) is 6.03. The summed E-state index contributed by atoms with van der Waals surface area (Å²) in [5.41, 5.74) is 1.11. The van der Waals surface area contributed by atoms with Crippen molar-refractivity contribution < 1.29 is 13.5 Å². The lowest BCUT2D eigenvalue weighted by Crippen LogP contribution is -2.43. The van der Waals surface area contributed by atoms with Gasteiger partial charge in [0.05, 0.1) is 0 Å². The molecule has 2 unspecified atom stereocenters. The molecular weight excluding hydrogens is 358 g/mol. The fourth-order valence-corrected chi connectivity index (χ4v) is 4.25. The van der Waals surface area contributed by atoms with Gasteiger partial charge in [-0.15, -0.1) is 0 Å². The Labute approximate surface area is 170 Å². The fourth-order valence-electron chi connectivity index (χ4n) is 4.25. The minimum atomic E-state index is -3.16. The van der Waals surface area contributed by atoms with Crippen LogP contribution >= 0.6 is 0 Å². The summed E-state index contributed by atoms with van der Waals surface area (Å²) in [6, 6.07) is 8.01. The first-order chi connectivity index (χ1) is 13.2. The van der Waals surface area contributed by atoms with Crippen LogP contribution in [0, 0.1) is 5.92 Å². The van der Waals surface area contributed by atoms with Crippen LogP contribution < -0.4 is 4.74 Å². The second-order valence-electron chi connectivity index (χ2n) is 8.70. The van der Waals surface area contributed by atoms with Gasteiger partial charge in [0.25, 0.3) is 0 Å². The molecule has 0 saturated carbocycles. The van der Waals surface area contributed by atoms with E-state index in [1.165, 1.54) is 25.7 Å². The molecule has 1 saturated heterocycles. The molecule has 0 bridgehead atoms. The van der Waals surface area contributed by atoms with E-state index in [4.69, 9.17) is 4.74 Å². The van der Waals surface area contributed by atoms with Crippen molar-refractivity contribution in [3.63, 3.8) is 0 Å². The number of rotatable bonds is 10. The van der Waals surface area contributed by atoms with Crippen molar-refractivity contribution in [2.24, 2.45) is 5.92 Å². The molecule has 0 N–H and O–H groups in total. The maximum atomic E-state index is 13.3. The van der Waals surface area contributed by atoms with Gasteiger partial charge in [-0.05, 0) is 69.6 Å². The molecule has 1 aliphatic heterocycles. The number of benzene rings is 1. The first-order valence-corrected chi connectivity index (χ1v) is 10.7. The highest BCUT2D eigenvalue weighted by Crippen LogP contribution is 2.33. The first-order valence-electron chi connectivity index (χ1n) is 10.7. The Balaban J connectivity index is 2.12. The molecule has 1 heterocycles. The van der Waals surface area contributed by atoms with Crippen molar-refractivity contribution in [3.8, 4) is 5.75 Å². The second kappa shape index (κ2) is 10.5. The summed E-state index contributed by atoms with van der Waals surface area (Å²) in [5.74, 6) is 1.09. The molecule has 5 heteroatoms. The van der Waals surface area contributed by atoms with Gasteiger partial charge < -0.3 is 14.5 Å². The van der Waals surface area contributed by atoms with E-state index in [9.17, 15) is 8.78 Å². The molecule has 28 heavy (non-hydrogen) atoms. The highest BCUT2D eigenvalue weighted by Gasteiger charge is 2.28. The maximum absolute atomic E-state index is 13.3. The number of alkyl halides is 2. The highest BCUT2D eigenvalue weighted by atomic mass is 19.3. The SMILES string of the molecule is CCCCC(C)C(CN1CCC(N(C)C)CC1)c1cccc(OC(C)(F)F)c1. The number of hydrogen-bond acceptors (Lipinski definition) is 3. The number of hydrogen-bond donors (Lipinski definition) is 0. The lowest BCUT2D eigenvalue weighted by atomic mass is 9.83. The molecule has 1 fully saturated rings. The fraction of sp³-hybridized carbons (Fsp3) is 0.739. The summed E-state index contributed by atoms with van der Waals surface area (Å²) in [7, 11) is 4.32. The van der Waals surface area contributed by atoms with Crippen LogP contribution in [0.2, 0.25) is 0 Å². The Bertz CT molecular complexity index is 580. The van der Waals surface area contributed by atoms with Crippen molar-refractivity contribution in [3.05, 3.63) is 29.8 Å². The molecule has 2 atom stereocenters. The minimum absolute atomic E-state index is 0.254. The van der Waals surface area contributed by atoms with Gasteiger partial charge in [-0.1, -0.05) is 45.2 Å². The van der Waals surface area contributed by atoms with Crippen LogP contribution in [0.5, 0.6) is 5.75 Å². The maximum Gasteiger partial charge on any atom is 0.394 e. The molecule has 0 radical (unpaired) electrons. The zero-order valence-corrected chi connectivity index (χ0v) is 18.3. The van der Waals surface area contributed by atoms with Gasteiger partial charge in [0.15, 0.2) is 0 Å². The molecule has 1 aromatic rings. The Morgan fingerprint density at radius 3 is 2.50 bits per heavy atom. The smallest absolute Gasteiger partial charge is 0.394 e. The van der Waals surface area contributed by atoms with E-state index in [-0.39, 0.29) is 5.75 Å². The lowest BCUT2D eigenvalue weighted by molar-refractivity contribution is -0.159. The van der Waals surface area contributed by atoms with Crippen LogP contribution in [-0.4, -0.2) is 55.7 Å². The van der Waals surface area contributed by atoms with Gasteiger partial charge in [0, 0.05) is 19.5 Å². The average molecular weight is 397 g/mol. The number of halogens is 2. The van der Waals surface area contributed by atoms with E-state index in [0.29, 0.717) is 17.9 Å². The Hall–Kier alpha value is -1.20. The first kappa shape index (κ1) is 23.1. The molecule has 0 spiro atoms. The molecular formula is C23H38F2N2O. The third-order valence-electron chi connectivity index (χ3n) is 6.03. The number of piperidine rings is 1. The van der Waals surface area contributed by atoms with Gasteiger partial charge in [-0.3, -0.25) is 0 Å². The topological polar surface area (TPSA) is 15.7 Å². The number of ether oxygens (including phenoxy) is 1. The second-order valence-corrected chi connectivity index (χ2v) is 8.70. The van der Waals surface area contributed by atoms with E-state index in [0.717, 1.165) is 38.5 Å². The molecule has 0 aliphatic carbocycles. The van der Waals surface area contributed by atoms with Gasteiger partial charge in [-0.2, -0.15) is 8.78 Å². The van der Waals surface area contributed by atoms with Crippen LogP contribution in [-0.2, 0) is 0 Å². The van der Waals surface area contributed by atoms with E-state index in [2.05, 4.69) is 43.8 Å². The molecule has 160 valence electrons. The summed E-state index contributed by atoms with van der Waals surface area (Å²) in [5, 5.41) is 0. The number of nitrogens with zero attached hydrogens (tertiary/aromatic N) is 2. The molecule has 0 amide bonds. The summed E-state index contributed by atoms with van der Waals surface area (Å²) in [6.45, 7) is 8.49. The number of likely N-dealkylation sites (tertiary alicyclic amines) is 1. The van der Waals surface area contributed by atoms with E-state index in [1.54, 1.807) is 6.07 Å². The average Bonchev–Trinajstić information content (AvgIpc) is 2.63. The predicted molar refractivity (Wildman–Crippen MR) is 112 cm³/mol. The van der Waals surface area contributed by atoms with Crippen LogP contribution in [0.1, 0.15) is 64.4 Å². The van der Waals surface area contributed by atoms with Gasteiger partial charge in [0.1, 0.15) is 5.75 Å². The minimum Gasteiger partial charge on any atom is -0.433 e. The van der Waals surface area contributed by atoms with Crippen LogP contribution in [0.3, 0.4) is 0 Å². The van der Waals surface area contributed by atoms with Crippen LogP contribution in [0.4, 0.5) is 8.78 Å². The van der Waals surface area contributed by atoms with Crippen molar-refractivity contribution in [1.29, 1.82) is 0 Å². The predicted octanol–water partition coefficient (Wildman–Crippen LogP) is 5.61. The molecule has 2 rings (SSSR count). The van der Waals surface area contributed by atoms with Gasteiger partial charge >= 0.3 is 6.11 Å². The molecule has 1 aromatic carbocycles. The van der Waals surface area contributed by atoms with Gasteiger partial charge in [-0.25, -0.2) is 0 Å². The highest BCUT2D eigenvalue weighted by molar-refractivity contribution is 5.31. The normalized spacial score (nSPS) is 19.0. The van der Waals surface area contributed by atoms with Crippen LogP contribution in [0.25, 0.3) is 0 Å². The monoisotopic (exact) mass is 396 g/mol. The number of unbranched alkanes of at least 4 members (excludes halogenated alkanes) is 1. The lowest BCUT2D eigenvalue weighted by Gasteiger charge is -2.38. The van der Waals surface area contributed by atoms with Crippen molar-refractivity contribution in [2.75, 3.05) is 33.7 Å². The quantitative estimate of drug-likeness (QED) is 0.511. The van der Waals surface area contributed by atoms with Crippen molar-refractivity contribution in [2.45, 2.75) is 70.9 Å². The van der Waals surface area contributed by atoms with Crippen LogP contribution in [0.15, 0.2) is 24.3 Å². The van der Waals surface area contributed by atoms with Crippen molar-refractivity contribution >= 4 is 0 Å². The van der Waals surface area contributed by atoms with Crippen molar-refractivity contribution in [1.82, 2.24) is 9.80 Å². The summed E-state index contributed by atoms with van der Waals surface area (Å²) >= 11 is 0. The Morgan fingerprint density at radius 2 is 1.93 bits per heavy atom. The molecule has 1 aliphatic rings. The zero-order valence-electron chi connectivity index (χ0n) is 18.3. The van der Waals surface area contributed by atoms with Gasteiger partial charge in [0.2, 0.25) is 0 Å². The third kappa shape index (κ3) is 7.32. The zero-order chi connectivity index (χ0) is 20.7. The van der Waals surface area contributed by atoms with E-state index in [1.807, 2.05) is 12.1 Å². The molecule has 0 aromatic heterocycles. The summed E-state index contributed by atoms with van der Waals surface area (Å²) in [4.78, 5) is 4.87. The van der Waals surface area contributed by atoms with E-state index >= 15 is 0 Å². The summed E-state index contributed by atoms with van der Waals surface area (Å²) < 4.78 is 31.4. The van der Waals surface area contributed by atoms with E-state index < -0.39 is 6.11 Å². The standard InChI is InChI=1S/C23H38F2N2O/c1-6-7-9-18(2)22(17-27-14-12-20(13-15-27)26(4)5)19-10-8-11-21(16-19)28-23(3,24)25/h8,10-11,16,18,20,22H,6-7,9,12-15,17H2,1-5H3. The largest absolute Gasteiger partial charge is 0.433 e. The molecule has 3 nitrogen and oxygen atoms in total. The Kier molecular flexibility index (Phi) is 8.69. The summed E-state index contributed by atoms with van der Waals surface area (Å²) in [6.07, 6.45) is 2.75.